The molecule has 28 heavy (non-hydrogen) atoms. The fourth-order valence-electron chi connectivity index (χ4n) is 3.33. The number of imidazole rings is 1. The second kappa shape index (κ2) is 8.00. The molecule has 2 aromatic heterocycles. The highest BCUT2D eigenvalue weighted by molar-refractivity contribution is 7.15. The summed E-state index contributed by atoms with van der Waals surface area (Å²) in [6.45, 7) is 15.6. The van der Waals surface area contributed by atoms with Crippen LogP contribution in [0.5, 0.6) is 0 Å². The van der Waals surface area contributed by atoms with Crippen LogP contribution in [-0.2, 0) is 15.6 Å². The second-order valence-electron chi connectivity index (χ2n) is 8.92. The van der Waals surface area contributed by atoms with E-state index in [1.807, 2.05) is 21.8 Å². The van der Waals surface area contributed by atoms with Gasteiger partial charge in [0.1, 0.15) is 17.8 Å². The van der Waals surface area contributed by atoms with E-state index in [9.17, 15) is 4.79 Å². The number of ether oxygens (including phenoxy) is 1. The van der Waals surface area contributed by atoms with Crippen LogP contribution in [0.15, 0.2) is 30.6 Å². The summed E-state index contributed by atoms with van der Waals surface area (Å²) in [5, 5.41) is 2.18. The molecule has 6 nitrogen and oxygen atoms in total. The molecular formula is C20H31N3O3SSi. The lowest BCUT2D eigenvalue weighted by Crippen LogP contribution is -2.44. The van der Waals surface area contributed by atoms with Crippen molar-refractivity contribution in [3.8, 4) is 0 Å². The molecule has 0 spiro atoms. The zero-order valence-electron chi connectivity index (χ0n) is 17.5. The van der Waals surface area contributed by atoms with Gasteiger partial charge >= 0.3 is 6.09 Å². The standard InChI is InChI=1S/C20H31N3O3SSi/c1-7-9-25-19(24)23-13-16(26-28(5,6)20(2,3)4)11-15(23)12-17-18-22(14-21-17)8-10-27-18/h7-8,10,14-16H,1,9,11-13H2,2-6H3/t15-,16+/m0/s1. The van der Waals surface area contributed by atoms with Gasteiger partial charge < -0.3 is 14.1 Å². The lowest BCUT2D eigenvalue weighted by Gasteiger charge is -2.38. The van der Waals surface area contributed by atoms with E-state index >= 15 is 0 Å². The van der Waals surface area contributed by atoms with Crippen molar-refractivity contribution in [3.05, 3.63) is 36.3 Å². The van der Waals surface area contributed by atoms with Crippen molar-refractivity contribution in [3.63, 3.8) is 0 Å². The molecule has 3 rings (SSSR count). The van der Waals surface area contributed by atoms with Gasteiger partial charge in [0.25, 0.3) is 0 Å². The smallest absolute Gasteiger partial charge is 0.410 e. The number of fused-ring (bicyclic) bond motifs is 1. The Hall–Kier alpha value is -1.64. The number of rotatable bonds is 6. The van der Waals surface area contributed by atoms with Gasteiger partial charge in [-0.15, -0.1) is 11.3 Å². The first-order chi connectivity index (χ1) is 13.1. The molecular weight excluding hydrogens is 390 g/mol. The molecule has 0 aromatic carbocycles. The lowest BCUT2D eigenvalue weighted by atomic mass is 10.1. The van der Waals surface area contributed by atoms with E-state index in [2.05, 4.69) is 50.8 Å². The van der Waals surface area contributed by atoms with Gasteiger partial charge in [-0.2, -0.15) is 0 Å². The van der Waals surface area contributed by atoms with Crippen LogP contribution in [0.4, 0.5) is 4.79 Å². The largest absolute Gasteiger partial charge is 0.445 e. The van der Waals surface area contributed by atoms with E-state index in [-0.39, 0.29) is 29.9 Å². The topological polar surface area (TPSA) is 56.1 Å². The predicted octanol–water partition coefficient (Wildman–Crippen LogP) is 4.73. The molecule has 3 heterocycles. The summed E-state index contributed by atoms with van der Waals surface area (Å²) in [7, 11) is -1.91. The zero-order valence-corrected chi connectivity index (χ0v) is 19.3. The van der Waals surface area contributed by atoms with Crippen LogP contribution in [0.3, 0.4) is 0 Å². The van der Waals surface area contributed by atoms with Crippen molar-refractivity contribution in [1.29, 1.82) is 0 Å². The molecule has 1 saturated heterocycles. The third-order valence-corrected chi connectivity index (χ3v) is 11.3. The molecule has 1 amide bonds. The van der Waals surface area contributed by atoms with Gasteiger partial charge in [0.15, 0.2) is 8.32 Å². The molecule has 0 N–H and O–H groups in total. The van der Waals surface area contributed by atoms with Crippen molar-refractivity contribution in [1.82, 2.24) is 14.3 Å². The maximum Gasteiger partial charge on any atom is 0.410 e. The summed E-state index contributed by atoms with van der Waals surface area (Å²) in [4.78, 5) is 20.2. The highest BCUT2D eigenvalue weighted by Crippen LogP contribution is 2.39. The number of nitrogens with zero attached hydrogens (tertiary/aromatic N) is 3. The highest BCUT2D eigenvalue weighted by Gasteiger charge is 2.44. The van der Waals surface area contributed by atoms with Crippen LogP contribution in [0.25, 0.3) is 4.83 Å². The number of aromatic nitrogens is 2. The van der Waals surface area contributed by atoms with E-state index < -0.39 is 8.32 Å². The monoisotopic (exact) mass is 421 g/mol. The van der Waals surface area contributed by atoms with Gasteiger partial charge in [-0.3, -0.25) is 4.40 Å². The van der Waals surface area contributed by atoms with Crippen LogP contribution in [-0.4, -0.2) is 54.0 Å². The van der Waals surface area contributed by atoms with Crippen molar-refractivity contribution >= 4 is 30.6 Å². The van der Waals surface area contributed by atoms with E-state index in [1.165, 1.54) is 0 Å². The van der Waals surface area contributed by atoms with Crippen LogP contribution in [0, 0.1) is 0 Å². The van der Waals surface area contributed by atoms with Crippen molar-refractivity contribution in [2.45, 2.75) is 63.9 Å². The average molecular weight is 422 g/mol. The number of carbonyl (C=O) groups is 1. The lowest BCUT2D eigenvalue weighted by molar-refractivity contribution is 0.103. The first-order valence-electron chi connectivity index (χ1n) is 9.73. The number of carbonyl (C=O) groups excluding carboxylic acids is 1. The number of amides is 1. The molecule has 2 aromatic rings. The first-order valence-corrected chi connectivity index (χ1v) is 13.5. The molecule has 1 fully saturated rings. The van der Waals surface area contributed by atoms with Crippen LogP contribution in [0.1, 0.15) is 32.9 Å². The minimum atomic E-state index is -1.91. The molecule has 0 aliphatic carbocycles. The number of thiazole rings is 1. The summed E-state index contributed by atoms with van der Waals surface area (Å²) in [6, 6.07) is 0.0212. The third-order valence-electron chi connectivity index (χ3n) is 5.85. The normalized spacial score (nSPS) is 20.7. The third kappa shape index (κ3) is 4.34. The molecule has 154 valence electrons. The Kier molecular flexibility index (Phi) is 6.02. The Morgan fingerprint density at radius 3 is 2.89 bits per heavy atom. The Labute approximate surface area is 172 Å². The minimum absolute atomic E-state index is 0.0212. The molecule has 0 saturated carbocycles. The van der Waals surface area contributed by atoms with Gasteiger partial charge in [0.05, 0.1) is 11.8 Å². The highest BCUT2D eigenvalue weighted by atomic mass is 32.1. The van der Waals surface area contributed by atoms with Crippen molar-refractivity contribution in [2.24, 2.45) is 0 Å². The molecule has 8 heteroatoms. The number of likely N-dealkylation sites (tertiary alicyclic amines) is 1. The van der Waals surface area contributed by atoms with Gasteiger partial charge in [-0.25, -0.2) is 9.78 Å². The Bertz CT molecular complexity index is 839. The predicted molar refractivity (Wildman–Crippen MR) is 115 cm³/mol. The van der Waals surface area contributed by atoms with Crippen molar-refractivity contribution < 1.29 is 14.0 Å². The van der Waals surface area contributed by atoms with Gasteiger partial charge in [0, 0.05) is 30.6 Å². The summed E-state index contributed by atoms with van der Waals surface area (Å²) in [5.41, 5.74) is 1.02. The van der Waals surface area contributed by atoms with Crippen LogP contribution >= 0.6 is 11.3 Å². The van der Waals surface area contributed by atoms with Gasteiger partial charge in [-0.05, 0) is 24.6 Å². The Morgan fingerprint density at radius 2 is 2.21 bits per heavy atom. The maximum absolute atomic E-state index is 12.7. The van der Waals surface area contributed by atoms with E-state index in [4.69, 9.17) is 9.16 Å². The molecule has 1 aliphatic heterocycles. The maximum atomic E-state index is 12.7. The molecule has 2 atom stereocenters. The summed E-state index contributed by atoms with van der Waals surface area (Å²) >= 11 is 1.67. The van der Waals surface area contributed by atoms with E-state index in [0.717, 1.165) is 16.9 Å². The van der Waals surface area contributed by atoms with E-state index in [0.29, 0.717) is 13.0 Å². The van der Waals surface area contributed by atoms with Crippen LogP contribution in [0.2, 0.25) is 18.1 Å². The number of hydrogen-bond acceptors (Lipinski definition) is 5. The first kappa shape index (κ1) is 21.1. The zero-order chi connectivity index (χ0) is 20.5. The number of hydrogen-bond donors (Lipinski definition) is 0. The van der Waals surface area contributed by atoms with Gasteiger partial charge in [-0.1, -0.05) is 33.4 Å². The fraction of sp³-hybridized carbons (Fsp3) is 0.600. The Balaban J connectivity index is 1.77. The Morgan fingerprint density at radius 1 is 1.46 bits per heavy atom. The summed E-state index contributed by atoms with van der Waals surface area (Å²) in [5.74, 6) is 0. The SMILES string of the molecule is C=CCOC(=O)N1C[C@H](O[Si](C)(C)C(C)(C)C)C[C@H]1Cc1ncn2ccsc12. The summed E-state index contributed by atoms with van der Waals surface area (Å²) in [6.07, 6.45) is 6.68. The molecule has 0 radical (unpaired) electrons. The van der Waals surface area contributed by atoms with Gasteiger partial charge in [0.2, 0.25) is 0 Å². The summed E-state index contributed by atoms with van der Waals surface area (Å²) < 4.78 is 14.0. The minimum Gasteiger partial charge on any atom is -0.445 e. The average Bonchev–Trinajstić information content (AvgIpc) is 3.29. The molecule has 0 unspecified atom stereocenters. The quantitative estimate of drug-likeness (QED) is 0.500. The van der Waals surface area contributed by atoms with E-state index in [1.54, 1.807) is 17.4 Å². The molecule has 0 bridgehead atoms. The molecule has 1 aliphatic rings. The van der Waals surface area contributed by atoms with Crippen molar-refractivity contribution in [2.75, 3.05) is 13.2 Å². The fourth-order valence-corrected chi connectivity index (χ4v) is 5.51. The second-order valence-corrected chi connectivity index (χ2v) is 14.6. The van der Waals surface area contributed by atoms with Crippen LogP contribution < -0.4 is 0 Å².